The second-order valence-corrected chi connectivity index (χ2v) is 6.35. The fourth-order valence-corrected chi connectivity index (χ4v) is 2.42. The van der Waals surface area contributed by atoms with Gasteiger partial charge in [-0.3, -0.25) is 9.52 Å². The summed E-state index contributed by atoms with van der Waals surface area (Å²) in [4.78, 5) is 12.3. The van der Waals surface area contributed by atoms with E-state index in [-0.39, 0.29) is 11.3 Å². The van der Waals surface area contributed by atoms with Crippen LogP contribution in [0.15, 0.2) is 48.5 Å². The van der Waals surface area contributed by atoms with E-state index in [0.717, 1.165) is 6.26 Å². The molecule has 2 rings (SSSR count). The van der Waals surface area contributed by atoms with Crippen molar-refractivity contribution in [1.29, 1.82) is 0 Å². The first-order valence-electron chi connectivity index (χ1n) is 6.41. The van der Waals surface area contributed by atoms with E-state index < -0.39 is 15.9 Å². The third-order valence-electron chi connectivity index (χ3n) is 2.81. The number of para-hydroxylation sites is 1. The number of amides is 1. The molecule has 0 saturated heterocycles. The molecule has 22 heavy (non-hydrogen) atoms. The highest BCUT2D eigenvalue weighted by Crippen LogP contribution is 2.20. The molecule has 116 valence electrons. The van der Waals surface area contributed by atoms with Crippen molar-refractivity contribution in [2.24, 2.45) is 0 Å². The summed E-state index contributed by atoms with van der Waals surface area (Å²) in [6.45, 7) is 0. The molecule has 0 atom stereocenters. The Morgan fingerprint density at radius 3 is 2.27 bits per heavy atom. The maximum absolute atomic E-state index is 12.3. The Morgan fingerprint density at radius 2 is 1.68 bits per heavy atom. The Hall–Kier alpha value is -2.54. The number of sulfonamides is 1. The molecular weight excluding hydrogens is 304 g/mol. The summed E-state index contributed by atoms with van der Waals surface area (Å²) in [6, 6.07) is 13.2. The summed E-state index contributed by atoms with van der Waals surface area (Å²) < 4.78 is 30.1. The summed E-state index contributed by atoms with van der Waals surface area (Å²) in [5.41, 5.74) is 1.06. The third kappa shape index (κ3) is 4.23. The molecule has 0 aliphatic carbocycles. The minimum Gasteiger partial charge on any atom is -0.497 e. The van der Waals surface area contributed by atoms with Gasteiger partial charge in [-0.15, -0.1) is 0 Å². The lowest BCUT2D eigenvalue weighted by Crippen LogP contribution is -2.17. The number of rotatable bonds is 5. The van der Waals surface area contributed by atoms with Gasteiger partial charge >= 0.3 is 0 Å². The highest BCUT2D eigenvalue weighted by Gasteiger charge is 2.13. The van der Waals surface area contributed by atoms with Crippen molar-refractivity contribution >= 4 is 27.3 Å². The summed E-state index contributed by atoms with van der Waals surface area (Å²) in [5.74, 6) is 0.272. The van der Waals surface area contributed by atoms with Crippen LogP contribution in [0.2, 0.25) is 0 Å². The monoisotopic (exact) mass is 320 g/mol. The van der Waals surface area contributed by atoms with Crippen LogP contribution in [0.4, 0.5) is 11.4 Å². The molecule has 0 heterocycles. The van der Waals surface area contributed by atoms with Gasteiger partial charge in [-0.05, 0) is 36.4 Å². The first-order chi connectivity index (χ1) is 10.4. The van der Waals surface area contributed by atoms with Crippen molar-refractivity contribution in [3.63, 3.8) is 0 Å². The van der Waals surface area contributed by atoms with Gasteiger partial charge in [-0.1, -0.05) is 12.1 Å². The van der Waals surface area contributed by atoms with Crippen LogP contribution in [-0.2, 0) is 10.0 Å². The van der Waals surface area contributed by atoms with Crippen molar-refractivity contribution in [2.75, 3.05) is 23.4 Å². The van der Waals surface area contributed by atoms with E-state index in [4.69, 9.17) is 4.74 Å². The Morgan fingerprint density at radius 1 is 1.05 bits per heavy atom. The lowest BCUT2D eigenvalue weighted by atomic mass is 10.1. The molecule has 0 radical (unpaired) electrons. The van der Waals surface area contributed by atoms with E-state index in [0.29, 0.717) is 11.4 Å². The van der Waals surface area contributed by atoms with Crippen LogP contribution in [0.1, 0.15) is 10.4 Å². The summed E-state index contributed by atoms with van der Waals surface area (Å²) in [7, 11) is -1.91. The van der Waals surface area contributed by atoms with Crippen LogP contribution in [-0.4, -0.2) is 27.7 Å². The van der Waals surface area contributed by atoms with Crippen LogP contribution in [0.3, 0.4) is 0 Å². The van der Waals surface area contributed by atoms with Crippen LogP contribution < -0.4 is 14.8 Å². The Balaban J connectivity index is 2.22. The predicted molar refractivity (Wildman–Crippen MR) is 85.9 cm³/mol. The topological polar surface area (TPSA) is 84.5 Å². The van der Waals surface area contributed by atoms with Crippen LogP contribution in [0.25, 0.3) is 0 Å². The third-order valence-corrected chi connectivity index (χ3v) is 3.41. The second kappa shape index (κ2) is 6.48. The number of carbonyl (C=O) groups is 1. The number of benzene rings is 2. The Bertz CT molecular complexity index is 770. The molecule has 0 unspecified atom stereocenters. The molecule has 0 spiro atoms. The van der Waals surface area contributed by atoms with E-state index in [2.05, 4.69) is 10.0 Å². The van der Waals surface area contributed by atoms with E-state index in [1.54, 1.807) is 49.6 Å². The quantitative estimate of drug-likeness (QED) is 0.885. The highest BCUT2D eigenvalue weighted by atomic mass is 32.2. The largest absolute Gasteiger partial charge is 0.497 e. The number of hydrogen-bond donors (Lipinski definition) is 2. The Labute approximate surface area is 129 Å². The molecular formula is C15H16N2O4S. The normalized spacial score (nSPS) is 10.8. The smallest absolute Gasteiger partial charge is 0.257 e. The van der Waals surface area contributed by atoms with E-state index >= 15 is 0 Å². The maximum Gasteiger partial charge on any atom is 0.257 e. The van der Waals surface area contributed by atoms with Crippen LogP contribution in [0.5, 0.6) is 5.75 Å². The summed E-state index contributed by atoms with van der Waals surface area (Å²) in [6.07, 6.45) is 1.03. The van der Waals surface area contributed by atoms with Crippen molar-refractivity contribution in [1.82, 2.24) is 0 Å². The molecule has 7 heteroatoms. The molecule has 0 bridgehead atoms. The number of hydrogen-bond acceptors (Lipinski definition) is 4. The van der Waals surface area contributed by atoms with Gasteiger partial charge in [0.05, 0.1) is 24.6 Å². The molecule has 0 aliphatic rings. The Kier molecular flexibility index (Phi) is 4.67. The molecule has 2 N–H and O–H groups in total. The zero-order chi connectivity index (χ0) is 16.2. The molecule has 2 aromatic carbocycles. The molecule has 0 aromatic heterocycles. The SMILES string of the molecule is COc1ccc(NC(=O)c2ccccc2NS(C)(=O)=O)cc1. The number of methoxy groups -OCH3 is 1. The molecule has 1 amide bonds. The lowest BCUT2D eigenvalue weighted by Gasteiger charge is -2.11. The van der Waals surface area contributed by atoms with Gasteiger partial charge in [0.2, 0.25) is 10.0 Å². The standard InChI is InChI=1S/C15H16N2O4S/c1-21-12-9-7-11(8-10-12)16-15(18)13-5-3-4-6-14(13)17-22(2,19)20/h3-10,17H,1-2H3,(H,16,18). The van der Waals surface area contributed by atoms with Crippen LogP contribution >= 0.6 is 0 Å². The van der Waals surface area contributed by atoms with Gasteiger partial charge < -0.3 is 10.1 Å². The summed E-state index contributed by atoms with van der Waals surface area (Å²) >= 11 is 0. The zero-order valence-electron chi connectivity index (χ0n) is 12.2. The number of anilines is 2. The minimum absolute atomic E-state index is 0.232. The van der Waals surface area contributed by atoms with Gasteiger partial charge in [0.1, 0.15) is 5.75 Å². The van der Waals surface area contributed by atoms with Gasteiger partial charge in [-0.25, -0.2) is 8.42 Å². The predicted octanol–water partition coefficient (Wildman–Crippen LogP) is 2.32. The van der Waals surface area contributed by atoms with Crippen molar-refractivity contribution < 1.29 is 17.9 Å². The number of nitrogens with one attached hydrogen (secondary N) is 2. The zero-order valence-corrected chi connectivity index (χ0v) is 13.0. The average Bonchev–Trinajstić information content (AvgIpc) is 2.47. The molecule has 0 saturated carbocycles. The molecule has 0 fully saturated rings. The first kappa shape index (κ1) is 15.8. The van der Waals surface area contributed by atoms with E-state index in [1.165, 1.54) is 6.07 Å². The maximum atomic E-state index is 12.3. The van der Waals surface area contributed by atoms with Gasteiger partial charge in [0, 0.05) is 5.69 Å². The number of ether oxygens (including phenoxy) is 1. The molecule has 6 nitrogen and oxygen atoms in total. The summed E-state index contributed by atoms with van der Waals surface area (Å²) in [5, 5.41) is 2.71. The van der Waals surface area contributed by atoms with E-state index in [9.17, 15) is 13.2 Å². The van der Waals surface area contributed by atoms with Crippen molar-refractivity contribution in [3.05, 3.63) is 54.1 Å². The first-order valence-corrected chi connectivity index (χ1v) is 8.30. The minimum atomic E-state index is -3.46. The van der Waals surface area contributed by atoms with Gasteiger partial charge in [-0.2, -0.15) is 0 Å². The van der Waals surface area contributed by atoms with Gasteiger partial charge in [0.15, 0.2) is 0 Å². The highest BCUT2D eigenvalue weighted by molar-refractivity contribution is 7.92. The van der Waals surface area contributed by atoms with Crippen molar-refractivity contribution in [3.8, 4) is 5.75 Å². The van der Waals surface area contributed by atoms with E-state index in [1.807, 2.05) is 0 Å². The second-order valence-electron chi connectivity index (χ2n) is 4.60. The molecule has 0 aliphatic heterocycles. The molecule has 2 aromatic rings. The average molecular weight is 320 g/mol. The number of carbonyl (C=O) groups excluding carboxylic acids is 1. The fourth-order valence-electron chi connectivity index (χ4n) is 1.84. The van der Waals surface area contributed by atoms with Crippen molar-refractivity contribution in [2.45, 2.75) is 0 Å². The fraction of sp³-hybridized carbons (Fsp3) is 0.133. The van der Waals surface area contributed by atoms with Crippen LogP contribution in [0, 0.1) is 0 Å². The lowest BCUT2D eigenvalue weighted by molar-refractivity contribution is 0.102. The van der Waals surface area contributed by atoms with Gasteiger partial charge in [0.25, 0.3) is 5.91 Å².